The van der Waals surface area contributed by atoms with Crippen LogP contribution in [0.4, 0.5) is 0 Å². The third-order valence-electron chi connectivity index (χ3n) is 11.7. The lowest BCUT2D eigenvalue weighted by Crippen LogP contribution is -1.96. The summed E-state index contributed by atoms with van der Waals surface area (Å²) < 4.78 is 2.33. The summed E-state index contributed by atoms with van der Waals surface area (Å²) in [5, 5.41) is 21.8. The SMILES string of the molecule is N#Cc1ccc2c3c1ccc1c(-c4cc5ccc6cc(-c7nc(-c8ccccc8)cc(-c8ccccc8)n7)cc7ccc(c4)c5c67)ccc(c13)n2-c1ccccc1. The summed E-state index contributed by atoms with van der Waals surface area (Å²) in [6.07, 6.45) is 0. The van der Waals surface area contributed by atoms with Gasteiger partial charge in [0.05, 0.1) is 34.1 Å². The number of nitrogens with zero attached hydrogens (tertiary/aromatic N) is 4. The topological polar surface area (TPSA) is 54.5 Å². The average molecular weight is 723 g/mol. The Kier molecular flexibility index (Phi) is 6.66. The molecule has 0 amide bonds. The Morgan fingerprint density at radius 3 is 1.46 bits per heavy atom. The highest BCUT2D eigenvalue weighted by molar-refractivity contribution is 6.29. The van der Waals surface area contributed by atoms with Crippen LogP contribution in [0.1, 0.15) is 5.56 Å². The van der Waals surface area contributed by atoms with Gasteiger partial charge in [-0.15, -0.1) is 0 Å². The summed E-state index contributed by atoms with van der Waals surface area (Å²) in [7, 11) is 0. The van der Waals surface area contributed by atoms with E-state index in [2.05, 4.69) is 168 Å². The molecule has 57 heavy (non-hydrogen) atoms. The van der Waals surface area contributed by atoms with Crippen LogP contribution >= 0.6 is 0 Å². The molecule has 0 aliphatic heterocycles. The fourth-order valence-corrected chi connectivity index (χ4v) is 9.17. The second-order valence-electron chi connectivity index (χ2n) is 14.9. The van der Waals surface area contributed by atoms with Crippen molar-refractivity contribution in [1.82, 2.24) is 14.5 Å². The number of hydrogen-bond donors (Lipinski definition) is 0. The normalized spacial score (nSPS) is 11.8. The molecule has 0 aliphatic rings. The van der Waals surface area contributed by atoms with E-state index in [0.717, 1.165) is 66.3 Å². The molecule has 0 radical (unpaired) electrons. The highest BCUT2D eigenvalue weighted by Gasteiger charge is 2.21. The van der Waals surface area contributed by atoms with Gasteiger partial charge in [-0.3, -0.25) is 0 Å². The van der Waals surface area contributed by atoms with Gasteiger partial charge < -0.3 is 4.57 Å². The van der Waals surface area contributed by atoms with Crippen molar-refractivity contribution in [2.45, 2.75) is 0 Å². The van der Waals surface area contributed by atoms with Crippen LogP contribution in [0.2, 0.25) is 0 Å². The number of para-hydroxylation sites is 1. The monoisotopic (exact) mass is 722 g/mol. The molecule has 0 bridgehead atoms. The van der Waals surface area contributed by atoms with E-state index in [1.54, 1.807) is 0 Å². The molecule has 0 fully saturated rings. The smallest absolute Gasteiger partial charge is 0.160 e. The summed E-state index contributed by atoms with van der Waals surface area (Å²) >= 11 is 0. The number of benzene rings is 10. The van der Waals surface area contributed by atoms with Crippen LogP contribution in [0.25, 0.3) is 116 Å². The van der Waals surface area contributed by atoms with E-state index in [4.69, 9.17) is 9.97 Å². The predicted molar refractivity (Wildman–Crippen MR) is 235 cm³/mol. The zero-order chi connectivity index (χ0) is 37.6. The van der Waals surface area contributed by atoms with E-state index in [1.165, 1.54) is 43.4 Å². The molecule has 4 heteroatoms. The van der Waals surface area contributed by atoms with E-state index < -0.39 is 0 Å². The van der Waals surface area contributed by atoms with E-state index in [0.29, 0.717) is 11.4 Å². The molecular formula is C53H30N4. The number of rotatable bonds is 5. The van der Waals surface area contributed by atoms with Crippen LogP contribution in [0.15, 0.2) is 182 Å². The first-order chi connectivity index (χ1) is 28.2. The molecule has 0 saturated carbocycles. The Labute approximate surface area is 327 Å². The third-order valence-corrected chi connectivity index (χ3v) is 11.7. The Bertz CT molecular complexity index is 3440. The number of nitriles is 1. The van der Waals surface area contributed by atoms with E-state index in [1.807, 2.05) is 24.3 Å². The van der Waals surface area contributed by atoms with E-state index >= 15 is 0 Å². The molecule has 10 aromatic carbocycles. The third kappa shape index (κ3) is 4.73. The summed E-state index contributed by atoms with van der Waals surface area (Å²) in [5.74, 6) is 0.707. The minimum atomic E-state index is 0.695. The summed E-state index contributed by atoms with van der Waals surface area (Å²) in [4.78, 5) is 10.3. The minimum absolute atomic E-state index is 0.695. The molecule has 0 N–H and O–H groups in total. The van der Waals surface area contributed by atoms with Gasteiger partial charge in [0.15, 0.2) is 5.82 Å². The van der Waals surface area contributed by atoms with Crippen molar-refractivity contribution in [2.24, 2.45) is 0 Å². The highest BCUT2D eigenvalue weighted by atomic mass is 15.0. The van der Waals surface area contributed by atoms with Crippen molar-refractivity contribution in [3.8, 4) is 56.8 Å². The van der Waals surface area contributed by atoms with Crippen LogP contribution < -0.4 is 0 Å². The summed E-state index contributed by atoms with van der Waals surface area (Å²) in [5.41, 5.74) is 11.3. The lowest BCUT2D eigenvalue weighted by Gasteiger charge is -2.16. The summed E-state index contributed by atoms with van der Waals surface area (Å²) in [6.45, 7) is 0. The largest absolute Gasteiger partial charge is 0.309 e. The Hall–Kier alpha value is -7.87. The maximum atomic E-state index is 10.1. The van der Waals surface area contributed by atoms with Gasteiger partial charge in [0.1, 0.15) is 0 Å². The molecular weight excluding hydrogens is 693 g/mol. The second kappa shape index (κ2) is 12.1. The molecule has 12 aromatic rings. The zero-order valence-electron chi connectivity index (χ0n) is 30.6. The summed E-state index contributed by atoms with van der Waals surface area (Å²) in [6, 6.07) is 66.8. The highest BCUT2D eigenvalue weighted by Crippen LogP contribution is 2.45. The standard InChI is InChI=1S/C53H30N4/c54-31-38-20-24-47-51-43(38)21-22-44-42(23-25-48(52(44)51)57(47)41-14-8-3-9-15-41)39-26-34-16-18-36-28-40(29-37-19-17-35(27-39)49(34)50(36)37)53-55-45(32-10-4-1-5-11-32)30-46(56-53)33-12-6-2-7-13-33/h1-30H. The fraction of sp³-hybridized carbons (Fsp3) is 0. The Morgan fingerprint density at radius 1 is 0.404 bits per heavy atom. The molecule has 0 saturated heterocycles. The zero-order valence-corrected chi connectivity index (χ0v) is 30.6. The van der Waals surface area contributed by atoms with E-state index in [9.17, 15) is 5.26 Å². The van der Waals surface area contributed by atoms with Gasteiger partial charge in [-0.1, -0.05) is 121 Å². The van der Waals surface area contributed by atoms with Crippen LogP contribution in [0, 0.1) is 11.3 Å². The molecule has 12 rings (SSSR count). The van der Waals surface area contributed by atoms with Crippen molar-refractivity contribution in [2.75, 3.05) is 0 Å². The first kappa shape index (κ1) is 31.5. The van der Waals surface area contributed by atoms with Crippen LogP contribution in [-0.4, -0.2) is 14.5 Å². The van der Waals surface area contributed by atoms with Gasteiger partial charge in [0.2, 0.25) is 0 Å². The molecule has 2 aromatic heterocycles. The van der Waals surface area contributed by atoms with Gasteiger partial charge >= 0.3 is 0 Å². The van der Waals surface area contributed by atoms with Crippen molar-refractivity contribution in [3.63, 3.8) is 0 Å². The average Bonchev–Trinajstić information content (AvgIpc) is 3.63. The first-order valence-corrected chi connectivity index (χ1v) is 19.2. The maximum Gasteiger partial charge on any atom is 0.160 e. The molecule has 2 heterocycles. The Morgan fingerprint density at radius 2 is 0.895 bits per heavy atom. The predicted octanol–water partition coefficient (Wildman–Crippen LogP) is 13.6. The van der Waals surface area contributed by atoms with Crippen molar-refractivity contribution in [1.29, 1.82) is 5.26 Å². The fourth-order valence-electron chi connectivity index (χ4n) is 9.17. The maximum absolute atomic E-state index is 10.1. The first-order valence-electron chi connectivity index (χ1n) is 19.2. The molecule has 0 unspecified atom stereocenters. The van der Waals surface area contributed by atoms with Gasteiger partial charge in [0, 0.05) is 38.5 Å². The molecule has 4 nitrogen and oxygen atoms in total. The molecule has 0 atom stereocenters. The minimum Gasteiger partial charge on any atom is -0.309 e. The second-order valence-corrected chi connectivity index (χ2v) is 14.9. The molecule has 0 spiro atoms. The van der Waals surface area contributed by atoms with Gasteiger partial charge in [-0.05, 0) is 109 Å². The van der Waals surface area contributed by atoms with E-state index in [-0.39, 0.29) is 0 Å². The lowest BCUT2D eigenvalue weighted by atomic mass is 9.88. The lowest BCUT2D eigenvalue weighted by molar-refractivity contribution is 1.18. The van der Waals surface area contributed by atoms with Crippen LogP contribution in [0.5, 0.6) is 0 Å². The number of aromatic nitrogens is 3. The van der Waals surface area contributed by atoms with Crippen LogP contribution in [0.3, 0.4) is 0 Å². The van der Waals surface area contributed by atoms with Crippen LogP contribution in [-0.2, 0) is 0 Å². The van der Waals surface area contributed by atoms with Gasteiger partial charge in [-0.2, -0.15) is 5.26 Å². The van der Waals surface area contributed by atoms with Gasteiger partial charge in [0.25, 0.3) is 0 Å². The van der Waals surface area contributed by atoms with Gasteiger partial charge in [-0.25, -0.2) is 9.97 Å². The molecule has 0 aliphatic carbocycles. The van der Waals surface area contributed by atoms with Crippen molar-refractivity contribution >= 4 is 64.9 Å². The van der Waals surface area contributed by atoms with Crippen molar-refractivity contribution in [3.05, 3.63) is 188 Å². The molecule has 262 valence electrons. The van der Waals surface area contributed by atoms with Crippen molar-refractivity contribution < 1.29 is 0 Å². The number of hydrogen-bond acceptors (Lipinski definition) is 3. The Balaban J connectivity index is 1.03. The quantitative estimate of drug-likeness (QED) is 0.166.